The lowest BCUT2D eigenvalue weighted by Gasteiger charge is -2.28. The summed E-state index contributed by atoms with van der Waals surface area (Å²) in [4.78, 5) is 22.1. The average Bonchev–Trinajstić information content (AvgIpc) is 2.78. The highest BCUT2D eigenvalue weighted by Crippen LogP contribution is 2.25. The molecule has 2 aliphatic heterocycles. The maximum atomic E-state index is 11.2. The molecule has 0 saturated carbocycles. The number of hydrogen-bond acceptors (Lipinski definition) is 6. The number of carbonyl (C=O) groups is 2. The van der Waals surface area contributed by atoms with Gasteiger partial charge in [0, 0.05) is 0 Å². The molecule has 0 amide bonds. The summed E-state index contributed by atoms with van der Waals surface area (Å²) in [5.41, 5.74) is 1.99. The van der Waals surface area contributed by atoms with E-state index in [2.05, 4.69) is 6.58 Å². The number of ether oxygens (including phenoxy) is 4. The summed E-state index contributed by atoms with van der Waals surface area (Å²) in [6.07, 6.45) is -1.07. The highest BCUT2D eigenvalue weighted by atomic mass is 35.5. The summed E-state index contributed by atoms with van der Waals surface area (Å²) in [5.74, 6) is -0.651. The molecule has 2 aromatic carbocycles. The van der Waals surface area contributed by atoms with Crippen LogP contribution in [0.2, 0.25) is 0 Å². The van der Waals surface area contributed by atoms with Gasteiger partial charge in [-0.15, -0.1) is 11.6 Å². The van der Waals surface area contributed by atoms with Crippen LogP contribution < -0.4 is 0 Å². The van der Waals surface area contributed by atoms with E-state index in [1.165, 1.54) is 0 Å². The molecular weight excluding hydrogens is 396 g/mol. The molecule has 7 heteroatoms. The summed E-state index contributed by atoms with van der Waals surface area (Å²) < 4.78 is 20.7. The van der Waals surface area contributed by atoms with Crippen LogP contribution in [0.4, 0.5) is 0 Å². The molecule has 6 nitrogen and oxygen atoms in total. The summed E-state index contributed by atoms with van der Waals surface area (Å²) >= 11 is 5.60. The van der Waals surface area contributed by atoms with Gasteiger partial charge in [0.05, 0.1) is 5.88 Å². The number of alkyl halides is 1. The second-order valence-electron chi connectivity index (χ2n) is 6.35. The summed E-state index contributed by atoms with van der Waals surface area (Å²) in [7, 11) is 0. The van der Waals surface area contributed by atoms with Gasteiger partial charge in [0.15, 0.2) is 18.0 Å². The molecule has 0 radical (unpaired) electrons. The number of cyclic esters (lactones) is 2. The van der Waals surface area contributed by atoms with Crippen LogP contribution in [-0.2, 0) is 28.5 Å². The molecule has 2 saturated heterocycles. The van der Waals surface area contributed by atoms with Gasteiger partial charge in [-0.2, -0.15) is 0 Å². The second kappa shape index (κ2) is 10.1. The normalized spacial score (nSPS) is 23.8. The second-order valence-corrected chi connectivity index (χ2v) is 6.66. The van der Waals surface area contributed by atoms with Gasteiger partial charge in [0.25, 0.3) is 0 Å². The van der Waals surface area contributed by atoms with E-state index >= 15 is 0 Å². The highest BCUT2D eigenvalue weighted by molar-refractivity contribution is 6.19. The third-order valence-corrected chi connectivity index (χ3v) is 4.61. The molecule has 3 unspecified atom stereocenters. The Morgan fingerprint density at radius 1 is 0.862 bits per heavy atom. The van der Waals surface area contributed by atoms with Crippen LogP contribution in [0, 0.1) is 0 Å². The number of halogens is 1. The number of carbonyl (C=O) groups excluding carboxylic acids is 2. The molecule has 0 aliphatic carbocycles. The molecular formula is C22H21ClO6. The fraction of sp³-hybridized carbons (Fsp3) is 0.273. The molecule has 152 valence electrons. The zero-order valence-corrected chi connectivity index (χ0v) is 16.4. The monoisotopic (exact) mass is 416 g/mol. The third kappa shape index (κ3) is 5.59. The van der Waals surface area contributed by atoms with Gasteiger partial charge < -0.3 is 18.9 Å². The number of benzene rings is 2. The van der Waals surface area contributed by atoms with Gasteiger partial charge in [0.2, 0.25) is 0 Å². The van der Waals surface area contributed by atoms with Gasteiger partial charge in [-0.3, -0.25) is 0 Å². The fourth-order valence-corrected chi connectivity index (χ4v) is 3.00. The smallest absolute Gasteiger partial charge is 0.373 e. The minimum absolute atomic E-state index is 0.0742. The highest BCUT2D eigenvalue weighted by Gasteiger charge is 2.31. The molecule has 3 atom stereocenters. The van der Waals surface area contributed by atoms with Gasteiger partial charge >= 0.3 is 11.9 Å². The molecule has 0 aromatic heterocycles. The largest absolute Gasteiger partial charge is 0.475 e. The first kappa shape index (κ1) is 20.9. The first-order valence-corrected chi connectivity index (χ1v) is 9.62. The molecule has 2 aromatic rings. The van der Waals surface area contributed by atoms with E-state index in [9.17, 15) is 9.59 Å². The molecule has 0 spiro atoms. The fourth-order valence-electron chi connectivity index (χ4n) is 2.80. The Kier molecular flexibility index (Phi) is 7.27. The summed E-state index contributed by atoms with van der Waals surface area (Å²) in [6, 6.07) is 19.3. The summed E-state index contributed by atoms with van der Waals surface area (Å²) in [6.45, 7) is 3.99. The molecule has 29 heavy (non-hydrogen) atoms. The van der Waals surface area contributed by atoms with Crippen molar-refractivity contribution in [1.82, 2.24) is 0 Å². The van der Waals surface area contributed by atoms with Gasteiger partial charge in [0.1, 0.15) is 19.3 Å². The Bertz CT molecular complexity index is 839. The zero-order chi connectivity index (χ0) is 20.6. The molecule has 0 bridgehead atoms. The van der Waals surface area contributed by atoms with E-state index in [4.69, 9.17) is 30.5 Å². The van der Waals surface area contributed by atoms with E-state index in [0.717, 1.165) is 11.1 Å². The van der Waals surface area contributed by atoms with Crippen molar-refractivity contribution in [2.75, 3.05) is 19.1 Å². The Labute approximate surface area is 174 Å². The topological polar surface area (TPSA) is 71.1 Å². The third-order valence-electron chi connectivity index (χ3n) is 4.33. The molecule has 2 fully saturated rings. The van der Waals surface area contributed by atoms with Crippen molar-refractivity contribution in [3.05, 3.63) is 84.1 Å². The van der Waals surface area contributed by atoms with E-state index in [0.29, 0.717) is 0 Å². The Morgan fingerprint density at radius 3 is 1.97 bits per heavy atom. The minimum atomic E-state index is -0.648. The predicted octanol–water partition coefficient (Wildman–Crippen LogP) is 3.72. The van der Waals surface area contributed by atoms with Crippen LogP contribution in [0.25, 0.3) is 0 Å². The van der Waals surface area contributed by atoms with Crippen molar-refractivity contribution in [2.24, 2.45) is 0 Å². The Balaban J connectivity index is 0.000000166. The summed E-state index contributed by atoms with van der Waals surface area (Å²) in [5, 5.41) is 0. The van der Waals surface area contributed by atoms with Crippen LogP contribution in [0.3, 0.4) is 0 Å². The first-order valence-electron chi connectivity index (χ1n) is 9.09. The maximum Gasteiger partial charge on any atom is 0.373 e. The van der Waals surface area contributed by atoms with Crippen molar-refractivity contribution >= 4 is 23.5 Å². The van der Waals surface area contributed by atoms with Gasteiger partial charge in [-0.05, 0) is 17.7 Å². The van der Waals surface area contributed by atoms with Crippen molar-refractivity contribution in [2.45, 2.75) is 18.3 Å². The van der Waals surface area contributed by atoms with Gasteiger partial charge in [-0.25, -0.2) is 9.59 Å². The molecule has 2 aliphatic rings. The van der Waals surface area contributed by atoms with Gasteiger partial charge in [-0.1, -0.05) is 60.7 Å². The van der Waals surface area contributed by atoms with Crippen LogP contribution in [0.5, 0.6) is 0 Å². The zero-order valence-electron chi connectivity index (χ0n) is 15.7. The van der Waals surface area contributed by atoms with Crippen LogP contribution in [0.15, 0.2) is 73.0 Å². The predicted molar refractivity (Wildman–Crippen MR) is 106 cm³/mol. The lowest BCUT2D eigenvalue weighted by molar-refractivity contribution is -0.181. The van der Waals surface area contributed by atoms with Crippen molar-refractivity contribution in [3.8, 4) is 0 Å². The van der Waals surface area contributed by atoms with Crippen molar-refractivity contribution in [1.29, 1.82) is 0 Å². The van der Waals surface area contributed by atoms with E-state index in [1.807, 2.05) is 60.7 Å². The SMILES string of the molecule is C=C1OC(c2ccccc2)COC1=O.O=C1OCC(c2ccccc2)OC1CCl. The lowest BCUT2D eigenvalue weighted by Crippen LogP contribution is -2.37. The molecule has 2 heterocycles. The first-order chi connectivity index (χ1) is 14.1. The number of hydrogen-bond donors (Lipinski definition) is 0. The van der Waals surface area contributed by atoms with Crippen molar-refractivity contribution in [3.63, 3.8) is 0 Å². The quantitative estimate of drug-likeness (QED) is 0.431. The maximum absolute atomic E-state index is 11.2. The van der Waals surface area contributed by atoms with E-state index in [-0.39, 0.29) is 43.0 Å². The molecule has 4 rings (SSSR count). The Morgan fingerprint density at radius 2 is 1.41 bits per heavy atom. The van der Waals surface area contributed by atoms with Crippen molar-refractivity contribution < 1.29 is 28.5 Å². The van der Waals surface area contributed by atoms with Crippen LogP contribution in [0.1, 0.15) is 23.3 Å². The van der Waals surface area contributed by atoms with Crippen LogP contribution in [-0.4, -0.2) is 37.1 Å². The number of esters is 2. The van der Waals surface area contributed by atoms with Crippen LogP contribution >= 0.6 is 11.6 Å². The Hall–Kier alpha value is -2.83. The minimum Gasteiger partial charge on any atom is -0.475 e. The van der Waals surface area contributed by atoms with E-state index in [1.54, 1.807) is 0 Å². The average molecular weight is 417 g/mol. The molecule has 0 N–H and O–H groups in total. The lowest BCUT2D eigenvalue weighted by atomic mass is 10.1. The standard InChI is InChI=1S/C11H11ClO3.C11H10O3/c12-6-9-11(13)14-7-10(15-9)8-4-2-1-3-5-8;1-8-11(12)13-7-10(14-8)9-5-3-2-4-6-9/h1-5,9-10H,6-7H2;2-6,10H,1,7H2. The van der Waals surface area contributed by atoms with E-state index < -0.39 is 12.1 Å². The number of rotatable bonds is 3.